The molecule has 6 nitrogen and oxygen atoms in total. The minimum Gasteiger partial charge on any atom is -0.364 e. The molecule has 2 rings (SSSR count). The second-order valence-corrected chi connectivity index (χ2v) is 5.14. The van der Waals surface area contributed by atoms with Gasteiger partial charge < -0.3 is 20.7 Å². The van der Waals surface area contributed by atoms with Crippen molar-refractivity contribution in [3.8, 4) is 0 Å². The summed E-state index contributed by atoms with van der Waals surface area (Å²) >= 11 is 0. The molecule has 0 radical (unpaired) electrons. The highest BCUT2D eigenvalue weighted by molar-refractivity contribution is 6.01. The summed E-state index contributed by atoms with van der Waals surface area (Å²) in [7, 11) is 1.67. The third-order valence-corrected chi connectivity index (χ3v) is 3.66. The standard InChI is InChI=1S/C15H21N3O3/c1-10(19)18(2)13-6-4-3-5-12(13)17-15(20)14-8-7-11(9-16)21-14/h3-6,11,14H,7-9,16H2,1-2H3,(H,17,20)/t11-,14+/m1/s1. The molecular weight excluding hydrogens is 270 g/mol. The van der Waals surface area contributed by atoms with Crippen LogP contribution in [0.4, 0.5) is 11.4 Å². The van der Waals surface area contributed by atoms with E-state index in [0.29, 0.717) is 24.3 Å². The van der Waals surface area contributed by atoms with Crippen molar-refractivity contribution in [3.05, 3.63) is 24.3 Å². The number of amides is 2. The second kappa shape index (κ2) is 6.69. The van der Waals surface area contributed by atoms with Gasteiger partial charge in [0.25, 0.3) is 5.91 Å². The minimum atomic E-state index is -0.478. The number of ether oxygens (including phenoxy) is 1. The molecule has 0 unspecified atom stereocenters. The third-order valence-electron chi connectivity index (χ3n) is 3.66. The zero-order valence-corrected chi connectivity index (χ0v) is 12.3. The number of anilines is 2. The monoisotopic (exact) mass is 291 g/mol. The van der Waals surface area contributed by atoms with Gasteiger partial charge in [0.05, 0.1) is 17.5 Å². The van der Waals surface area contributed by atoms with E-state index in [0.717, 1.165) is 6.42 Å². The maximum Gasteiger partial charge on any atom is 0.253 e. The average Bonchev–Trinajstić information content (AvgIpc) is 2.96. The van der Waals surface area contributed by atoms with Crippen LogP contribution < -0.4 is 16.0 Å². The molecule has 0 spiro atoms. The molecule has 3 N–H and O–H groups in total. The van der Waals surface area contributed by atoms with Crippen LogP contribution in [0.2, 0.25) is 0 Å². The molecule has 0 bridgehead atoms. The van der Waals surface area contributed by atoms with Gasteiger partial charge in [-0.2, -0.15) is 0 Å². The number of nitrogens with two attached hydrogens (primary N) is 1. The van der Waals surface area contributed by atoms with Crippen molar-refractivity contribution in [2.24, 2.45) is 5.73 Å². The number of hydrogen-bond acceptors (Lipinski definition) is 4. The predicted molar refractivity (Wildman–Crippen MR) is 81.1 cm³/mol. The van der Waals surface area contributed by atoms with Crippen molar-refractivity contribution in [2.75, 3.05) is 23.8 Å². The molecule has 1 heterocycles. The highest BCUT2D eigenvalue weighted by Gasteiger charge is 2.30. The van der Waals surface area contributed by atoms with Gasteiger partial charge in [0.15, 0.2) is 0 Å². The Morgan fingerprint density at radius 3 is 2.71 bits per heavy atom. The number of rotatable bonds is 4. The van der Waals surface area contributed by atoms with E-state index < -0.39 is 6.10 Å². The maximum absolute atomic E-state index is 12.2. The summed E-state index contributed by atoms with van der Waals surface area (Å²) in [6.45, 7) is 1.90. The van der Waals surface area contributed by atoms with Gasteiger partial charge >= 0.3 is 0 Å². The number of nitrogens with one attached hydrogen (secondary N) is 1. The molecular formula is C15H21N3O3. The van der Waals surface area contributed by atoms with Crippen molar-refractivity contribution in [1.82, 2.24) is 0 Å². The van der Waals surface area contributed by atoms with Crippen molar-refractivity contribution in [2.45, 2.75) is 32.0 Å². The Labute approximate surface area is 124 Å². The SMILES string of the molecule is CC(=O)N(C)c1ccccc1NC(=O)[C@@H]1CC[C@H](CN)O1. The lowest BCUT2D eigenvalue weighted by Gasteiger charge is -2.20. The predicted octanol–water partition coefficient (Wildman–Crippen LogP) is 1.11. The zero-order valence-electron chi connectivity index (χ0n) is 12.3. The fourth-order valence-corrected chi connectivity index (χ4v) is 2.33. The molecule has 1 aliphatic heterocycles. The summed E-state index contributed by atoms with van der Waals surface area (Å²) in [6, 6.07) is 7.18. The van der Waals surface area contributed by atoms with Crippen LogP contribution >= 0.6 is 0 Å². The third kappa shape index (κ3) is 3.59. The number of carbonyl (C=O) groups excluding carboxylic acids is 2. The van der Waals surface area contributed by atoms with E-state index in [1.807, 2.05) is 12.1 Å². The Kier molecular flexibility index (Phi) is 4.93. The Hall–Kier alpha value is -1.92. The van der Waals surface area contributed by atoms with Crippen LogP contribution in [0, 0.1) is 0 Å². The first-order valence-corrected chi connectivity index (χ1v) is 7.02. The zero-order chi connectivity index (χ0) is 15.4. The van der Waals surface area contributed by atoms with E-state index in [4.69, 9.17) is 10.5 Å². The van der Waals surface area contributed by atoms with Gasteiger partial charge in [-0.05, 0) is 25.0 Å². The van der Waals surface area contributed by atoms with Crippen molar-refractivity contribution >= 4 is 23.2 Å². The summed E-state index contributed by atoms with van der Waals surface area (Å²) in [5, 5.41) is 2.83. The molecule has 1 aromatic rings. The van der Waals surface area contributed by atoms with Crippen LogP contribution in [0.1, 0.15) is 19.8 Å². The van der Waals surface area contributed by atoms with E-state index in [1.54, 1.807) is 19.2 Å². The smallest absolute Gasteiger partial charge is 0.253 e. The first-order chi connectivity index (χ1) is 10.0. The highest BCUT2D eigenvalue weighted by atomic mass is 16.5. The molecule has 1 fully saturated rings. The highest BCUT2D eigenvalue weighted by Crippen LogP contribution is 2.26. The molecule has 6 heteroatoms. The summed E-state index contributed by atoms with van der Waals surface area (Å²) < 4.78 is 5.57. The van der Waals surface area contributed by atoms with Gasteiger partial charge in [-0.25, -0.2) is 0 Å². The molecule has 2 amide bonds. The van der Waals surface area contributed by atoms with Crippen molar-refractivity contribution < 1.29 is 14.3 Å². The average molecular weight is 291 g/mol. The maximum atomic E-state index is 12.2. The molecule has 114 valence electrons. The summed E-state index contributed by atoms with van der Waals surface area (Å²) in [6.07, 6.45) is 0.937. The van der Waals surface area contributed by atoms with Gasteiger partial charge in [0, 0.05) is 20.5 Å². The number of para-hydroxylation sites is 2. The number of hydrogen-bond donors (Lipinski definition) is 2. The lowest BCUT2D eigenvalue weighted by Crippen LogP contribution is -2.31. The lowest BCUT2D eigenvalue weighted by molar-refractivity contribution is -0.126. The normalized spacial score (nSPS) is 21.1. The topological polar surface area (TPSA) is 84.7 Å². The molecule has 2 atom stereocenters. The number of carbonyl (C=O) groups is 2. The molecule has 1 aromatic carbocycles. The summed E-state index contributed by atoms with van der Waals surface area (Å²) in [5.41, 5.74) is 6.80. The van der Waals surface area contributed by atoms with Crippen molar-refractivity contribution in [1.29, 1.82) is 0 Å². The van der Waals surface area contributed by atoms with Crippen molar-refractivity contribution in [3.63, 3.8) is 0 Å². The largest absolute Gasteiger partial charge is 0.364 e. The first kappa shape index (κ1) is 15.5. The fraction of sp³-hybridized carbons (Fsp3) is 0.467. The van der Waals surface area contributed by atoms with E-state index in [1.165, 1.54) is 11.8 Å². The minimum absolute atomic E-state index is 0.0455. The molecule has 21 heavy (non-hydrogen) atoms. The molecule has 1 aliphatic rings. The Morgan fingerprint density at radius 1 is 1.38 bits per heavy atom. The second-order valence-electron chi connectivity index (χ2n) is 5.14. The Balaban J connectivity index is 2.09. The van der Waals surface area contributed by atoms with Crippen LogP contribution in [0.3, 0.4) is 0 Å². The number of nitrogens with zero attached hydrogens (tertiary/aromatic N) is 1. The molecule has 1 saturated heterocycles. The molecule has 0 aliphatic carbocycles. The van der Waals surface area contributed by atoms with Crippen LogP contribution in [-0.4, -0.2) is 37.6 Å². The number of benzene rings is 1. The summed E-state index contributed by atoms with van der Waals surface area (Å²) in [4.78, 5) is 25.2. The van der Waals surface area contributed by atoms with Crippen LogP contribution in [0.5, 0.6) is 0 Å². The van der Waals surface area contributed by atoms with E-state index >= 15 is 0 Å². The van der Waals surface area contributed by atoms with E-state index in [2.05, 4.69) is 5.32 Å². The Bertz CT molecular complexity index is 533. The quantitative estimate of drug-likeness (QED) is 0.870. The summed E-state index contributed by atoms with van der Waals surface area (Å²) in [5.74, 6) is -0.299. The molecule has 0 aromatic heterocycles. The van der Waals surface area contributed by atoms with Gasteiger partial charge in [-0.1, -0.05) is 12.1 Å². The van der Waals surface area contributed by atoms with E-state index in [-0.39, 0.29) is 17.9 Å². The van der Waals surface area contributed by atoms with Crippen LogP contribution in [-0.2, 0) is 14.3 Å². The van der Waals surface area contributed by atoms with Crippen LogP contribution in [0.25, 0.3) is 0 Å². The van der Waals surface area contributed by atoms with Gasteiger partial charge in [-0.3, -0.25) is 9.59 Å². The van der Waals surface area contributed by atoms with Crippen LogP contribution in [0.15, 0.2) is 24.3 Å². The van der Waals surface area contributed by atoms with Gasteiger partial charge in [0.1, 0.15) is 6.10 Å². The Morgan fingerprint density at radius 2 is 2.10 bits per heavy atom. The van der Waals surface area contributed by atoms with Gasteiger partial charge in [0.2, 0.25) is 5.91 Å². The lowest BCUT2D eigenvalue weighted by atomic mass is 10.2. The first-order valence-electron chi connectivity index (χ1n) is 7.02. The van der Waals surface area contributed by atoms with E-state index in [9.17, 15) is 9.59 Å². The fourth-order valence-electron chi connectivity index (χ4n) is 2.33. The van der Waals surface area contributed by atoms with Gasteiger partial charge in [-0.15, -0.1) is 0 Å². The molecule has 0 saturated carbocycles.